The summed E-state index contributed by atoms with van der Waals surface area (Å²) in [5.74, 6) is -0.0876. The smallest absolute Gasteiger partial charge is 0.322 e. The van der Waals surface area contributed by atoms with Gasteiger partial charge >= 0.3 is 6.03 Å². The molecule has 3 aromatic rings. The highest BCUT2D eigenvalue weighted by atomic mass is 35.5. The van der Waals surface area contributed by atoms with Gasteiger partial charge in [-0.3, -0.25) is 0 Å². The molecule has 0 aliphatic heterocycles. The third kappa shape index (κ3) is 3.41. The lowest BCUT2D eigenvalue weighted by Crippen LogP contribution is -2.33. The van der Waals surface area contributed by atoms with E-state index < -0.39 is 5.82 Å². The Labute approximate surface area is 155 Å². The number of anilines is 2. The Morgan fingerprint density at radius 2 is 1.96 bits per heavy atom. The highest BCUT2D eigenvalue weighted by Gasteiger charge is 2.20. The lowest BCUT2D eigenvalue weighted by Gasteiger charge is -2.26. The molecule has 3 N–H and O–H groups in total. The van der Waals surface area contributed by atoms with E-state index in [2.05, 4.69) is 10.3 Å². The van der Waals surface area contributed by atoms with Crippen LogP contribution in [-0.4, -0.2) is 23.0 Å². The molecule has 2 amide bonds. The van der Waals surface area contributed by atoms with Gasteiger partial charge < -0.3 is 16.0 Å². The van der Waals surface area contributed by atoms with E-state index in [0.717, 1.165) is 16.3 Å². The van der Waals surface area contributed by atoms with Gasteiger partial charge in [-0.2, -0.15) is 0 Å². The predicted octanol–water partition coefficient (Wildman–Crippen LogP) is 4.83. The summed E-state index contributed by atoms with van der Waals surface area (Å²) in [6.45, 7) is 1.90. The number of hydrogen-bond acceptors (Lipinski definition) is 3. The molecule has 5 nitrogen and oxygen atoms in total. The molecule has 134 valence electrons. The normalized spacial score (nSPS) is 12.0. The summed E-state index contributed by atoms with van der Waals surface area (Å²) in [5, 5.41) is 4.45. The number of halogens is 2. The molecule has 0 saturated heterocycles. The van der Waals surface area contributed by atoms with Crippen molar-refractivity contribution in [3.8, 4) is 0 Å². The zero-order valence-corrected chi connectivity index (χ0v) is 15.1. The largest absolute Gasteiger partial charge is 0.383 e. The number of nitrogen functional groups attached to an aromatic ring is 1. The van der Waals surface area contributed by atoms with E-state index in [1.807, 2.05) is 31.2 Å². The Morgan fingerprint density at radius 1 is 1.27 bits per heavy atom. The van der Waals surface area contributed by atoms with Crippen LogP contribution in [0, 0.1) is 5.82 Å². The van der Waals surface area contributed by atoms with E-state index in [-0.39, 0.29) is 17.1 Å². The van der Waals surface area contributed by atoms with E-state index in [1.165, 1.54) is 23.1 Å². The number of benzene rings is 2. The van der Waals surface area contributed by atoms with Crippen molar-refractivity contribution in [1.82, 2.24) is 9.88 Å². The van der Waals surface area contributed by atoms with Crippen LogP contribution in [0.4, 0.5) is 20.7 Å². The fourth-order valence-electron chi connectivity index (χ4n) is 2.74. The van der Waals surface area contributed by atoms with Crippen LogP contribution in [0.3, 0.4) is 0 Å². The van der Waals surface area contributed by atoms with E-state index >= 15 is 0 Å². The number of urea groups is 1. The quantitative estimate of drug-likeness (QED) is 0.691. The second kappa shape index (κ2) is 7.17. The standard InChI is InChI=1S/C19H18ClFN4O/c1-11(15-10-23-18(22)14-6-4-3-5-13(14)15)25(2)19(26)24-12-7-8-17(21)16(20)9-12/h3-11H,1-2H3,(H2,22,23)(H,24,26)/t11-/m1/s1. The SMILES string of the molecule is C[C@H](c1cnc(N)c2ccccc12)N(C)C(=O)Nc1ccc(F)c(Cl)c1. The predicted molar refractivity (Wildman–Crippen MR) is 103 cm³/mol. The van der Waals surface area contributed by atoms with Crippen LogP contribution in [0.1, 0.15) is 18.5 Å². The molecule has 26 heavy (non-hydrogen) atoms. The number of pyridine rings is 1. The maximum absolute atomic E-state index is 13.3. The zero-order valence-electron chi connectivity index (χ0n) is 14.3. The van der Waals surface area contributed by atoms with Crippen molar-refractivity contribution >= 4 is 39.9 Å². The Balaban J connectivity index is 1.85. The van der Waals surface area contributed by atoms with Crippen LogP contribution in [0.25, 0.3) is 10.8 Å². The molecule has 0 saturated carbocycles. The number of fused-ring (bicyclic) bond motifs is 1. The molecule has 0 radical (unpaired) electrons. The highest BCUT2D eigenvalue weighted by Crippen LogP contribution is 2.29. The molecule has 0 fully saturated rings. The second-order valence-electron chi connectivity index (χ2n) is 5.99. The van der Waals surface area contributed by atoms with Gasteiger partial charge in [0.25, 0.3) is 0 Å². The van der Waals surface area contributed by atoms with Crippen molar-refractivity contribution in [2.45, 2.75) is 13.0 Å². The summed E-state index contributed by atoms with van der Waals surface area (Å²) in [4.78, 5) is 18.3. The minimum atomic E-state index is -0.536. The Bertz CT molecular complexity index is 979. The summed E-state index contributed by atoms with van der Waals surface area (Å²) in [6, 6.07) is 11.1. The number of rotatable bonds is 3. The van der Waals surface area contributed by atoms with Gasteiger partial charge in [-0.25, -0.2) is 14.2 Å². The van der Waals surface area contributed by atoms with Crippen LogP contribution in [0.5, 0.6) is 0 Å². The number of aromatic nitrogens is 1. The molecule has 2 aromatic carbocycles. The van der Waals surface area contributed by atoms with Gasteiger partial charge in [0, 0.05) is 29.9 Å². The first-order valence-electron chi connectivity index (χ1n) is 8.00. The van der Waals surface area contributed by atoms with E-state index in [9.17, 15) is 9.18 Å². The molecular formula is C19H18ClFN4O. The van der Waals surface area contributed by atoms with Crippen molar-refractivity contribution in [2.24, 2.45) is 0 Å². The van der Waals surface area contributed by atoms with Gasteiger partial charge in [0.1, 0.15) is 11.6 Å². The van der Waals surface area contributed by atoms with E-state index in [0.29, 0.717) is 11.5 Å². The van der Waals surface area contributed by atoms with E-state index in [1.54, 1.807) is 13.2 Å². The third-order valence-electron chi connectivity index (χ3n) is 4.38. The molecule has 0 bridgehead atoms. The monoisotopic (exact) mass is 372 g/mol. The molecular weight excluding hydrogens is 355 g/mol. The summed E-state index contributed by atoms with van der Waals surface area (Å²) >= 11 is 5.76. The number of carbonyl (C=O) groups is 1. The van der Waals surface area contributed by atoms with Gasteiger partial charge in [0.15, 0.2) is 0 Å². The van der Waals surface area contributed by atoms with Gasteiger partial charge in [-0.05, 0) is 30.5 Å². The average Bonchev–Trinajstić information content (AvgIpc) is 2.64. The maximum atomic E-state index is 13.3. The zero-order chi connectivity index (χ0) is 18.8. The lowest BCUT2D eigenvalue weighted by molar-refractivity contribution is 0.208. The molecule has 1 aromatic heterocycles. The Hall–Kier alpha value is -2.86. The van der Waals surface area contributed by atoms with Crippen LogP contribution < -0.4 is 11.1 Å². The summed E-state index contributed by atoms with van der Waals surface area (Å²) < 4.78 is 13.3. The van der Waals surface area contributed by atoms with Crippen LogP contribution in [0.2, 0.25) is 5.02 Å². The number of amides is 2. The molecule has 0 aliphatic rings. The second-order valence-corrected chi connectivity index (χ2v) is 6.40. The van der Waals surface area contributed by atoms with Crippen LogP contribution >= 0.6 is 11.6 Å². The van der Waals surface area contributed by atoms with Crippen molar-refractivity contribution in [3.63, 3.8) is 0 Å². The van der Waals surface area contributed by atoms with Gasteiger partial charge in [-0.15, -0.1) is 0 Å². The van der Waals surface area contributed by atoms with Gasteiger partial charge in [-0.1, -0.05) is 35.9 Å². The minimum absolute atomic E-state index is 0.0489. The first-order valence-corrected chi connectivity index (χ1v) is 8.38. The maximum Gasteiger partial charge on any atom is 0.322 e. The molecule has 0 aliphatic carbocycles. The average molecular weight is 373 g/mol. The van der Waals surface area contributed by atoms with Crippen molar-refractivity contribution < 1.29 is 9.18 Å². The van der Waals surface area contributed by atoms with Crippen molar-refractivity contribution in [3.05, 3.63) is 65.1 Å². The molecule has 7 heteroatoms. The van der Waals surface area contributed by atoms with Crippen LogP contribution in [0.15, 0.2) is 48.7 Å². The van der Waals surface area contributed by atoms with Crippen molar-refractivity contribution in [2.75, 3.05) is 18.1 Å². The highest BCUT2D eigenvalue weighted by molar-refractivity contribution is 6.31. The minimum Gasteiger partial charge on any atom is -0.383 e. The molecule has 0 spiro atoms. The molecule has 0 unspecified atom stereocenters. The fraction of sp³-hybridized carbons (Fsp3) is 0.158. The number of nitrogens with zero attached hydrogens (tertiary/aromatic N) is 2. The summed E-state index contributed by atoms with van der Waals surface area (Å²) in [5.41, 5.74) is 7.24. The number of carbonyl (C=O) groups excluding carboxylic acids is 1. The first-order chi connectivity index (χ1) is 12.4. The lowest BCUT2D eigenvalue weighted by atomic mass is 10.0. The third-order valence-corrected chi connectivity index (χ3v) is 4.67. The topological polar surface area (TPSA) is 71.2 Å². The molecule has 1 atom stereocenters. The Kier molecular flexibility index (Phi) is 4.95. The summed E-state index contributed by atoms with van der Waals surface area (Å²) in [7, 11) is 1.68. The van der Waals surface area contributed by atoms with E-state index in [4.69, 9.17) is 17.3 Å². The van der Waals surface area contributed by atoms with Crippen LogP contribution in [-0.2, 0) is 0 Å². The number of nitrogens with one attached hydrogen (secondary N) is 1. The molecule has 3 rings (SSSR count). The number of hydrogen-bond donors (Lipinski definition) is 2. The Morgan fingerprint density at radius 3 is 2.65 bits per heavy atom. The number of nitrogens with two attached hydrogens (primary N) is 1. The van der Waals surface area contributed by atoms with Gasteiger partial charge in [0.2, 0.25) is 0 Å². The summed E-state index contributed by atoms with van der Waals surface area (Å²) in [6.07, 6.45) is 1.68. The van der Waals surface area contributed by atoms with Gasteiger partial charge in [0.05, 0.1) is 11.1 Å². The van der Waals surface area contributed by atoms with Crippen molar-refractivity contribution in [1.29, 1.82) is 0 Å². The molecule has 1 heterocycles. The fourth-order valence-corrected chi connectivity index (χ4v) is 2.92. The first kappa shape index (κ1) is 17.9.